The van der Waals surface area contributed by atoms with Gasteiger partial charge in [0.1, 0.15) is 5.52 Å². The number of methoxy groups -OCH3 is 1. The Labute approximate surface area is 96.9 Å². The van der Waals surface area contributed by atoms with E-state index < -0.39 is 0 Å². The zero-order valence-electron chi connectivity index (χ0n) is 8.09. The standard InChI is InChI=1S/C10H9Cl2NO2/c1-14-3-2-9-13-10-7(12)4-6(11)5-8(10)15-9/h4-5H,2-3H2,1H3. The molecule has 1 aromatic carbocycles. The van der Waals surface area contributed by atoms with Crippen LogP contribution in [0.15, 0.2) is 16.5 Å². The Hall–Kier alpha value is -0.770. The molecule has 0 N–H and O–H groups in total. The van der Waals surface area contributed by atoms with Gasteiger partial charge in [0.25, 0.3) is 0 Å². The maximum absolute atomic E-state index is 5.97. The fraction of sp³-hybridized carbons (Fsp3) is 0.300. The molecule has 0 bridgehead atoms. The fourth-order valence-corrected chi connectivity index (χ4v) is 1.82. The van der Waals surface area contributed by atoms with Gasteiger partial charge in [0.05, 0.1) is 11.6 Å². The molecule has 80 valence electrons. The minimum Gasteiger partial charge on any atom is -0.440 e. The van der Waals surface area contributed by atoms with Gasteiger partial charge >= 0.3 is 0 Å². The normalized spacial score (nSPS) is 11.1. The topological polar surface area (TPSA) is 35.3 Å². The van der Waals surface area contributed by atoms with Gasteiger partial charge in [-0.15, -0.1) is 0 Å². The van der Waals surface area contributed by atoms with Crippen molar-refractivity contribution < 1.29 is 9.15 Å². The average molecular weight is 246 g/mol. The molecule has 15 heavy (non-hydrogen) atoms. The molecule has 0 spiro atoms. The Morgan fingerprint density at radius 1 is 1.40 bits per heavy atom. The lowest BCUT2D eigenvalue weighted by Crippen LogP contribution is -1.93. The lowest BCUT2D eigenvalue weighted by atomic mass is 10.3. The molecule has 0 aliphatic heterocycles. The number of rotatable bonds is 3. The summed E-state index contributed by atoms with van der Waals surface area (Å²) in [5.41, 5.74) is 1.26. The summed E-state index contributed by atoms with van der Waals surface area (Å²) in [7, 11) is 1.63. The third-order valence-corrected chi connectivity index (χ3v) is 2.48. The zero-order chi connectivity index (χ0) is 10.8. The number of oxazole rings is 1. The van der Waals surface area contributed by atoms with Gasteiger partial charge in [-0.1, -0.05) is 23.2 Å². The van der Waals surface area contributed by atoms with Crippen LogP contribution in [0.5, 0.6) is 0 Å². The Morgan fingerprint density at radius 2 is 2.20 bits per heavy atom. The zero-order valence-corrected chi connectivity index (χ0v) is 9.60. The Kier molecular flexibility index (Phi) is 3.14. The first-order valence-electron chi connectivity index (χ1n) is 4.44. The van der Waals surface area contributed by atoms with Crippen molar-refractivity contribution in [2.24, 2.45) is 0 Å². The van der Waals surface area contributed by atoms with Gasteiger partial charge in [-0.05, 0) is 6.07 Å². The van der Waals surface area contributed by atoms with E-state index in [9.17, 15) is 0 Å². The predicted molar refractivity (Wildman–Crippen MR) is 59.6 cm³/mol. The van der Waals surface area contributed by atoms with Gasteiger partial charge in [0.2, 0.25) is 0 Å². The summed E-state index contributed by atoms with van der Waals surface area (Å²) in [6.45, 7) is 0.568. The van der Waals surface area contributed by atoms with E-state index in [1.165, 1.54) is 0 Å². The van der Waals surface area contributed by atoms with Crippen LogP contribution in [0, 0.1) is 0 Å². The van der Waals surface area contributed by atoms with Crippen molar-refractivity contribution in [1.82, 2.24) is 4.98 Å². The van der Waals surface area contributed by atoms with Gasteiger partial charge in [0.15, 0.2) is 11.5 Å². The Balaban J connectivity index is 2.41. The van der Waals surface area contributed by atoms with Crippen molar-refractivity contribution >= 4 is 34.3 Å². The highest BCUT2D eigenvalue weighted by molar-refractivity contribution is 6.38. The summed E-state index contributed by atoms with van der Waals surface area (Å²) >= 11 is 11.8. The van der Waals surface area contributed by atoms with Crippen molar-refractivity contribution in [1.29, 1.82) is 0 Å². The SMILES string of the molecule is COCCc1nc2c(Cl)cc(Cl)cc2o1. The van der Waals surface area contributed by atoms with Crippen LogP contribution in [0.2, 0.25) is 10.0 Å². The molecule has 0 aliphatic rings. The minimum atomic E-state index is 0.505. The lowest BCUT2D eigenvalue weighted by Gasteiger charge is -1.91. The van der Waals surface area contributed by atoms with Crippen LogP contribution < -0.4 is 0 Å². The first-order valence-corrected chi connectivity index (χ1v) is 5.19. The summed E-state index contributed by atoms with van der Waals surface area (Å²) in [5, 5.41) is 1.05. The third kappa shape index (κ3) is 2.25. The molecular weight excluding hydrogens is 237 g/mol. The molecular formula is C10H9Cl2NO2. The van der Waals surface area contributed by atoms with E-state index >= 15 is 0 Å². The molecule has 0 radical (unpaired) electrons. The monoisotopic (exact) mass is 245 g/mol. The van der Waals surface area contributed by atoms with E-state index in [1.807, 2.05) is 0 Å². The number of aromatic nitrogens is 1. The molecule has 1 heterocycles. The van der Waals surface area contributed by atoms with Crippen molar-refractivity contribution in [3.05, 3.63) is 28.1 Å². The molecule has 0 saturated carbocycles. The van der Waals surface area contributed by atoms with E-state index in [4.69, 9.17) is 32.4 Å². The van der Waals surface area contributed by atoms with Crippen LogP contribution in [0.4, 0.5) is 0 Å². The molecule has 3 nitrogen and oxygen atoms in total. The van der Waals surface area contributed by atoms with Crippen LogP contribution in [-0.2, 0) is 11.2 Å². The Morgan fingerprint density at radius 3 is 2.93 bits per heavy atom. The first-order chi connectivity index (χ1) is 7.20. The summed E-state index contributed by atoms with van der Waals surface area (Å²) in [6.07, 6.45) is 0.624. The molecule has 2 rings (SSSR count). The quantitative estimate of drug-likeness (QED) is 0.833. The first kappa shape index (κ1) is 10.7. The molecule has 2 aromatic rings. The number of hydrogen-bond donors (Lipinski definition) is 0. The molecule has 0 aliphatic carbocycles. The number of fused-ring (bicyclic) bond motifs is 1. The van der Waals surface area contributed by atoms with Crippen molar-refractivity contribution in [2.45, 2.75) is 6.42 Å². The van der Waals surface area contributed by atoms with Gasteiger partial charge < -0.3 is 9.15 Å². The molecule has 1 aromatic heterocycles. The minimum absolute atomic E-state index is 0.505. The highest BCUT2D eigenvalue weighted by Gasteiger charge is 2.09. The fourth-order valence-electron chi connectivity index (χ4n) is 1.30. The van der Waals surface area contributed by atoms with Crippen LogP contribution in [0.25, 0.3) is 11.1 Å². The van der Waals surface area contributed by atoms with Crippen LogP contribution in [0.3, 0.4) is 0 Å². The Bertz CT molecular complexity index is 481. The van der Waals surface area contributed by atoms with E-state index in [0.29, 0.717) is 40.1 Å². The van der Waals surface area contributed by atoms with Gasteiger partial charge in [-0.2, -0.15) is 0 Å². The molecule has 0 fully saturated rings. The maximum Gasteiger partial charge on any atom is 0.197 e. The number of ether oxygens (including phenoxy) is 1. The van der Waals surface area contributed by atoms with Crippen molar-refractivity contribution in [3.8, 4) is 0 Å². The maximum atomic E-state index is 5.97. The second-order valence-electron chi connectivity index (χ2n) is 3.08. The van der Waals surface area contributed by atoms with Crippen LogP contribution in [0.1, 0.15) is 5.89 Å². The van der Waals surface area contributed by atoms with Gasteiger partial charge in [0, 0.05) is 24.6 Å². The number of benzene rings is 1. The van der Waals surface area contributed by atoms with Crippen LogP contribution in [-0.4, -0.2) is 18.7 Å². The highest BCUT2D eigenvalue weighted by Crippen LogP contribution is 2.28. The van der Waals surface area contributed by atoms with Gasteiger partial charge in [-0.25, -0.2) is 4.98 Å². The number of hydrogen-bond acceptors (Lipinski definition) is 3. The molecule has 5 heteroatoms. The van der Waals surface area contributed by atoms with Gasteiger partial charge in [-0.3, -0.25) is 0 Å². The van der Waals surface area contributed by atoms with E-state index in [2.05, 4.69) is 4.98 Å². The average Bonchev–Trinajstić information content (AvgIpc) is 2.57. The molecule has 0 saturated heterocycles. The third-order valence-electron chi connectivity index (χ3n) is 1.98. The smallest absolute Gasteiger partial charge is 0.197 e. The van der Waals surface area contributed by atoms with E-state index in [1.54, 1.807) is 19.2 Å². The summed E-state index contributed by atoms with van der Waals surface area (Å²) in [4.78, 5) is 4.25. The van der Waals surface area contributed by atoms with Crippen molar-refractivity contribution in [2.75, 3.05) is 13.7 Å². The molecule has 0 unspecified atom stereocenters. The second kappa shape index (κ2) is 4.39. The van der Waals surface area contributed by atoms with Crippen LogP contribution >= 0.6 is 23.2 Å². The largest absolute Gasteiger partial charge is 0.440 e. The summed E-state index contributed by atoms with van der Waals surface area (Å²) < 4.78 is 10.4. The summed E-state index contributed by atoms with van der Waals surface area (Å²) in [5.74, 6) is 0.607. The van der Waals surface area contributed by atoms with E-state index in [-0.39, 0.29) is 0 Å². The lowest BCUT2D eigenvalue weighted by molar-refractivity contribution is 0.196. The highest BCUT2D eigenvalue weighted by atomic mass is 35.5. The second-order valence-corrected chi connectivity index (χ2v) is 3.93. The summed E-state index contributed by atoms with van der Waals surface area (Å²) in [6, 6.07) is 3.35. The predicted octanol–water partition coefficient (Wildman–Crippen LogP) is 3.32. The number of halogens is 2. The van der Waals surface area contributed by atoms with E-state index in [0.717, 1.165) is 0 Å². The van der Waals surface area contributed by atoms with Crippen molar-refractivity contribution in [3.63, 3.8) is 0 Å². The molecule has 0 atom stereocenters. The number of nitrogens with zero attached hydrogens (tertiary/aromatic N) is 1. The molecule has 0 amide bonds.